The third-order valence-electron chi connectivity index (χ3n) is 2.43. The highest BCUT2D eigenvalue weighted by atomic mass is 16.5. The van der Waals surface area contributed by atoms with Gasteiger partial charge in [0, 0.05) is 31.6 Å². The molecule has 0 amide bonds. The van der Waals surface area contributed by atoms with Crippen LogP contribution in [0.15, 0.2) is 12.4 Å². The van der Waals surface area contributed by atoms with Crippen molar-refractivity contribution < 1.29 is 4.74 Å². The van der Waals surface area contributed by atoms with E-state index < -0.39 is 0 Å². The Morgan fingerprint density at radius 1 is 1.31 bits per heavy atom. The van der Waals surface area contributed by atoms with E-state index in [4.69, 9.17) is 4.74 Å². The minimum absolute atomic E-state index is 0.0261. The summed E-state index contributed by atoms with van der Waals surface area (Å²) in [5.41, 5.74) is 1.11. The molecule has 1 heterocycles. The molecule has 1 atom stereocenters. The van der Waals surface area contributed by atoms with Gasteiger partial charge in [0.1, 0.15) is 6.10 Å². The van der Waals surface area contributed by atoms with Gasteiger partial charge in [-0.2, -0.15) is 0 Å². The average molecular weight is 223 g/mol. The fourth-order valence-electron chi connectivity index (χ4n) is 1.51. The van der Waals surface area contributed by atoms with Gasteiger partial charge in [0.25, 0.3) is 0 Å². The van der Waals surface area contributed by atoms with Gasteiger partial charge in [0.05, 0.1) is 0 Å². The lowest BCUT2D eigenvalue weighted by molar-refractivity contribution is 0.0875. The molecule has 4 nitrogen and oxygen atoms in total. The van der Waals surface area contributed by atoms with Gasteiger partial charge in [0.15, 0.2) is 5.82 Å². The van der Waals surface area contributed by atoms with Crippen LogP contribution in [-0.4, -0.2) is 23.6 Å². The van der Waals surface area contributed by atoms with E-state index >= 15 is 0 Å². The van der Waals surface area contributed by atoms with Crippen LogP contribution in [0.2, 0.25) is 0 Å². The van der Waals surface area contributed by atoms with E-state index in [-0.39, 0.29) is 6.10 Å². The molecule has 1 aromatic rings. The zero-order valence-electron chi connectivity index (χ0n) is 10.4. The molecule has 0 fully saturated rings. The molecule has 0 aliphatic carbocycles. The van der Waals surface area contributed by atoms with Crippen LogP contribution in [0.3, 0.4) is 0 Å². The van der Waals surface area contributed by atoms with E-state index in [0.717, 1.165) is 37.3 Å². The van der Waals surface area contributed by atoms with Crippen LogP contribution in [0.5, 0.6) is 0 Å². The van der Waals surface area contributed by atoms with E-state index in [2.05, 4.69) is 29.1 Å². The van der Waals surface area contributed by atoms with Crippen molar-refractivity contribution in [2.24, 2.45) is 0 Å². The van der Waals surface area contributed by atoms with Crippen molar-refractivity contribution >= 4 is 0 Å². The maximum Gasteiger partial charge on any atom is 0.157 e. The molecule has 0 aromatic carbocycles. The van der Waals surface area contributed by atoms with Crippen molar-refractivity contribution in [3.63, 3.8) is 0 Å². The van der Waals surface area contributed by atoms with Crippen LogP contribution in [0.25, 0.3) is 0 Å². The van der Waals surface area contributed by atoms with Crippen molar-refractivity contribution in [1.82, 2.24) is 15.3 Å². The Hall–Kier alpha value is -1.00. The summed E-state index contributed by atoms with van der Waals surface area (Å²) in [5.74, 6) is 0.782. The van der Waals surface area contributed by atoms with E-state index in [1.807, 2.05) is 12.4 Å². The SMILES string of the molecule is CCCC(OC)c1ncc(CNCC)cn1. The summed E-state index contributed by atoms with van der Waals surface area (Å²) < 4.78 is 5.36. The monoisotopic (exact) mass is 223 g/mol. The van der Waals surface area contributed by atoms with Crippen LogP contribution >= 0.6 is 0 Å². The van der Waals surface area contributed by atoms with Crippen LogP contribution in [-0.2, 0) is 11.3 Å². The quantitative estimate of drug-likeness (QED) is 0.768. The summed E-state index contributed by atoms with van der Waals surface area (Å²) in [6.07, 6.45) is 5.79. The summed E-state index contributed by atoms with van der Waals surface area (Å²) in [5, 5.41) is 3.24. The highest BCUT2D eigenvalue weighted by Crippen LogP contribution is 2.17. The molecule has 4 heteroatoms. The van der Waals surface area contributed by atoms with Crippen molar-refractivity contribution in [2.75, 3.05) is 13.7 Å². The first-order valence-corrected chi connectivity index (χ1v) is 5.86. The second-order valence-electron chi connectivity index (χ2n) is 3.74. The van der Waals surface area contributed by atoms with Gasteiger partial charge in [-0.1, -0.05) is 20.3 Å². The standard InChI is InChI=1S/C12H21N3O/c1-4-6-11(16-3)12-14-8-10(9-15-12)7-13-5-2/h8-9,11,13H,4-7H2,1-3H3. The Balaban J connectivity index is 2.61. The first kappa shape index (κ1) is 13.1. The molecule has 1 rings (SSSR count). The van der Waals surface area contributed by atoms with Crippen LogP contribution < -0.4 is 5.32 Å². The van der Waals surface area contributed by atoms with E-state index in [1.165, 1.54) is 0 Å². The summed E-state index contributed by atoms with van der Waals surface area (Å²) in [4.78, 5) is 8.69. The minimum atomic E-state index is 0.0261. The first-order valence-electron chi connectivity index (χ1n) is 5.86. The molecule has 0 aliphatic heterocycles. The molecule has 1 N–H and O–H groups in total. The van der Waals surface area contributed by atoms with Crippen molar-refractivity contribution in [3.05, 3.63) is 23.8 Å². The number of hydrogen-bond acceptors (Lipinski definition) is 4. The van der Waals surface area contributed by atoms with Gasteiger partial charge < -0.3 is 10.1 Å². The molecule has 1 unspecified atom stereocenters. The van der Waals surface area contributed by atoms with Gasteiger partial charge in [0.2, 0.25) is 0 Å². The molecule has 0 spiro atoms. The smallest absolute Gasteiger partial charge is 0.157 e. The number of hydrogen-bond donors (Lipinski definition) is 1. The third-order valence-corrected chi connectivity index (χ3v) is 2.43. The van der Waals surface area contributed by atoms with Crippen LogP contribution in [0.4, 0.5) is 0 Å². The molecule has 1 aromatic heterocycles. The van der Waals surface area contributed by atoms with Crippen molar-refractivity contribution in [1.29, 1.82) is 0 Å². The lowest BCUT2D eigenvalue weighted by atomic mass is 10.2. The van der Waals surface area contributed by atoms with E-state index in [1.54, 1.807) is 7.11 Å². The molecular formula is C12H21N3O. The second kappa shape index (κ2) is 7.30. The Labute approximate surface area is 97.5 Å². The molecule has 0 radical (unpaired) electrons. The summed E-state index contributed by atoms with van der Waals surface area (Å²) >= 11 is 0. The number of nitrogens with zero attached hydrogens (tertiary/aromatic N) is 2. The predicted molar refractivity (Wildman–Crippen MR) is 64.1 cm³/mol. The fraction of sp³-hybridized carbons (Fsp3) is 0.667. The van der Waals surface area contributed by atoms with Crippen LogP contribution in [0.1, 0.15) is 44.2 Å². The van der Waals surface area contributed by atoms with Gasteiger partial charge in [-0.3, -0.25) is 0 Å². The van der Waals surface area contributed by atoms with Crippen molar-refractivity contribution in [3.8, 4) is 0 Å². The highest BCUT2D eigenvalue weighted by Gasteiger charge is 2.11. The van der Waals surface area contributed by atoms with Gasteiger partial charge in [-0.25, -0.2) is 9.97 Å². The number of ether oxygens (including phenoxy) is 1. The summed E-state index contributed by atoms with van der Waals surface area (Å²) in [6.45, 7) is 5.99. The zero-order chi connectivity index (χ0) is 11.8. The largest absolute Gasteiger partial charge is 0.373 e. The van der Waals surface area contributed by atoms with Crippen molar-refractivity contribution in [2.45, 2.75) is 39.3 Å². The van der Waals surface area contributed by atoms with Gasteiger partial charge in [-0.15, -0.1) is 0 Å². The normalized spacial score (nSPS) is 12.7. The minimum Gasteiger partial charge on any atom is -0.373 e. The fourth-order valence-corrected chi connectivity index (χ4v) is 1.51. The molecule has 0 saturated heterocycles. The molecule has 90 valence electrons. The Morgan fingerprint density at radius 3 is 2.50 bits per heavy atom. The number of rotatable bonds is 7. The summed E-state index contributed by atoms with van der Waals surface area (Å²) in [7, 11) is 1.70. The number of aromatic nitrogens is 2. The average Bonchev–Trinajstić information content (AvgIpc) is 2.34. The molecule has 0 aliphatic rings. The lowest BCUT2D eigenvalue weighted by Gasteiger charge is -2.12. The second-order valence-corrected chi connectivity index (χ2v) is 3.74. The Bertz CT molecular complexity index is 287. The number of methoxy groups -OCH3 is 1. The first-order chi connectivity index (χ1) is 7.81. The third kappa shape index (κ3) is 3.87. The predicted octanol–water partition coefficient (Wildman–Crippen LogP) is 2.07. The molecule has 0 saturated carbocycles. The maximum absolute atomic E-state index is 5.36. The summed E-state index contributed by atoms with van der Waals surface area (Å²) in [6, 6.07) is 0. The topological polar surface area (TPSA) is 47.0 Å². The Kier molecular flexibility index (Phi) is 5.96. The number of nitrogens with one attached hydrogen (secondary N) is 1. The molecule has 0 bridgehead atoms. The zero-order valence-corrected chi connectivity index (χ0v) is 10.4. The molecular weight excluding hydrogens is 202 g/mol. The van der Waals surface area contributed by atoms with E-state index in [0.29, 0.717) is 0 Å². The van der Waals surface area contributed by atoms with Gasteiger partial charge >= 0.3 is 0 Å². The maximum atomic E-state index is 5.36. The van der Waals surface area contributed by atoms with Gasteiger partial charge in [-0.05, 0) is 13.0 Å². The Morgan fingerprint density at radius 2 is 2.00 bits per heavy atom. The lowest BCUT2D eigenvalue weighted by Crippen LogP contribution is -2.13. The highest BCUT2D eigenvalue weighted by molar-refractivity contribution is 5.06. The molecule has 16 heavy (non-hydrogen) atoms. The van der Waals surface area contributed by atoms with E-state index in [9.17, 15) is 0 Å². The van der Waals surface area contributed by atoms with Crippen LogP contribution in [0, 0.1) is 0 Å².